The fraction of sp³-hybridized carbons (Fsp3) is 0.318. The maximum Gasteiger partial charge on any atom is 0.243 e. The van der Waals surface area contributed by atoms with Crippen molar-refractivity contribution in [1.82, 2.24) is 13.7 Å². The lowest BCUT2D eigenvalue weighted by Gasteiger charge is -2.25. The van der Waals surface area contributed by atoms with Crippen molar-refractivity contribution >= 4 is 44.2 Å². The molecule has 1 aliphatic rings. The summed E-state index contributed by atoms with van der Waals surface area (Å²) in [7, 11) is -3.50. The molecule has 32 heavy (non-hydrogen) atoms. The molecule has 1 saturated heterocycles. The number of Topliss-reactive ketones (excluding diaryl/α,β-unsaturated/α-hetero) is 1. The number of carbonyl (C=O) groups excluding carboxylic acids is 1. The lowest BCUT2D eigenvalue weighted by atomic mass is 10.1. The number of sulfonamides is 1. The first-order chi connectivity index (χ1) is 15.5. The molecule has 0 amide bonds. The second-order valence-electron chi connectivity index (χ2n) is 7.42. The van der Waals surface area contributed by atoms with E-state index in [2.05, 4.69) is 26.8 Å². The Morgan fingerprint density at radius 2 is 1.75 bits per heavy atom. The van der Waals surface area contributed by atoms with Crippen molar-refractivity contribution in [3.05, 3.63) is 65.7 Å². The summed E-state index contributed by atoms with van der Waals surface area (Å²) in [6, 6.07) is 16.3. The lowest BCUT2D eigenvalue weighted by molar-refractivity contribution is 0.101. The average Bonchev–Trinajstić information content (AvgIpc) is 3.30. The molecule has 10 heteroatoms. The van der Waals surface area contributed by atoms with Gasteiger partial charge < -0.3 is 5.32 Å². The highest BCUT2D eigenvalue weighted by Crippen LogP contribution is 2.24. The van der Waals surface area contributed by atoms with Gasteiger partial charge in [0.05, 0.1) is 11.4 Å². The Kier molecular flexibility index (Phi) is 7.56. The van der Waals surface area contributed by atoms with Gasteiger partial charge in [0.1, 0.15) is 0 Å². The van der Waals surface area contributed by atoms with Gasteiger partial charge in [-0.3, -0.25) is 4.79 Å². The number of hydrogen-bond donors (Lipinski definition) is 1. The number of anilines is 1. The Morgan fingerprint density at radius 3 is 2.47 bits per heavy atom. The first kappa shape index (κ1) is 22.9. The van der Waals surface area contributed by atoms with Crippen LogP contribution in [0.1, 0.15) is 35.2 Å². The molecule has 0 atom stereocenters. The van der Waals surface area contributed by atoms with Crippen LogP contribution in [0.3, 0.4) is 0 Å². The molecule has 1 aliphatic heterocycles. The summed E-state index contributed by atoms with van der Waals surface area (Å²) in [6.45, 7) is 1.18. The van der Waals surface area contributed by atoms with Crippen molar-refractivity contribution in [3.63, 3.8) is 0 Å². The van der Waals surface area contributed by atoms with E-state index in [1.807, 2.05) is 18.2 Å². The minimum Gasteiger partial charge on any atom is -0.353 e. The second-order valence-corrected chi connectivity index (χ2v) is 11.1. The molecule has 0 radical (unpaired) electrons. The van der Waals surface area contributed by atoms with E-state index in [1.165, 1.54) is 33.5 Å². The smallest absolute Gasteiger partial charge is 0.243 e. The maximum atomic E-state index is 12.7. The van der Waals surface area contributed by atoms with E-state index in [0.717, 1.165) is 25.0 Å². The second kappa shape index (κ2) is 10.6. The molecule has 0 spiro atoms. The summed E-state index contributed by atoms with van der Waals surface area (Å²) in [5.41, 5.74) is 1.65. The summed E-state index contributed by atoms with van der Waals surface area (Å²) in [4.78, 5) is 17.2. The Bertz CT molecular complexity index is 1140. The third-order valence-electron chi connectivity index (χ3n) is 5.15. The zero-order valence-electron chi connectivity index (χ0n) is 17.4. The quantitative estimate of drug-likeness (QED) is 0.355. The number of nitrogens with zero attached hydrogens (tertiary/aromatic N) is 3. The molecule has 2 heterocycles. The predicted molar refractivity (Wildman–Crippen MR) is 128 cm³/mol. The first-order valence-corrected chi connectivity index (χ1v) is 13.6. The number of carbonyl (C=O) groups is 1. The van der Waals surface area contributed by atoms with Gasteiger partial charge in [-0.2, -0.15) is 13.7 Å². The van der Waals surface area contributed by atoms with E-state index in [0.29, 0.717) is 28.9 Å². The maximum absolute atomic E-state index is 12.7. The molecule has 0 saturated carbocycles. The lowest BCUT2D eigenvalue weighted by Crippen LogP contribution is -2.35. The van der Waals surface area contributed by atoms with Crippen molar-refractivity contribution < 1.29 is 13.2 Å². The van der Waals surface area contributed by atoms with Crippen LogP contribution in [0.25, 0.3) is 0 Å². The number of piperidine rings is 1. The molecule has 2 aromatic carbocycles. The average molecular weight is 489 g/mol. The molecular weight excluding hydrogens is 464 g/mol. The molecular formula is C22H24N4O3S3. The predicted octanol–water partition coefficient (Wildman–Crippen LogP) is 4.30. The summed E-state index contributed by atoms with van der Waals surface area (Å²) in [6.07, 6.45) is 2.84. The van der Waals surface area contributed by atoms with Crippen molar-refractivity contribution in [3.8, 4) is 0 Å². The highest BCUT2D eigenvalue weighted by atomic mass is 32.2. The van der Waals surface area contributed by atoms with Crippen LogP contribution in [0, 0.1) is 0 Å². The van der Waals surface area contributed by atoms with Gasteiger partial charge in [-0.1, -0.05) is 48.5 Å². The number of thioether (sulfide) groups is 1. The Balaban J connectivity index is 1.30. The molecule has 4 rings (SSSR count). The zero-order chi connectivity index (χ0) is 22.4. The van der Waals surface area contributed by atoms with E-state index in [-0.39, 0.29) is 17.2 Å². The first-order valence-electron chi connectivity index (χ1n) is 10.4. The van der Waals surface area contributed by atoms with Crippen molar-refractivity contribution in [2.45, 2.75) is 35.1 Å². The summed E-state index contributed by atoms with van der Waals surface area (Å²) in [5.74, 6) is 0.642. The van der Waals surface area contributed by atoms with Crippen LogP contribution in [0.4, 0.5) is 5.13 Å². The molecule has 0 bridgehead atoms. The van der Waals surface area contributed by atoms with Crippen LogP contribution in [0.5, 0.6) is 0 Å². The van der Waals surface area contributed by atoms with E-state index >= 15 is 0 Å². The minimum atomic E-state index is -3.50. The van der Waals surface area contributed by atoms with E-state index in [4.69, 9.17) is 0 Å². The van der Waals surface area contributed by atoms with E-state index in [9.17, 15) is 13.2 Å². The van der Waals surface area contributed by atoms with Crippen LogP contribution < -0.4 is 5.32 Å². The summed E-state index contributed by atoms with van der Waals surface area (Å²) in [5, 5.41) is 4.26. The van der Waals surface area contributed by atoms with Crippen molar-refractivity contribution in [2.24, 2.45) is 0 Å². The monoisotopic (exact) mass is 488 g/mol. The van der Waals surface area contributed by atoms with E-state index in [1.54, 1.807) is 23.9 Å². The normalized spacial score (nSPS) is 14.9. The van der Waals surface area contributed by atoms with Gasteiger partial charge in [0.15, 0.2) is 5.78 Å². The van der Waals surface area contributed by atoms with Crippen molar-refractivity contribution in [1.29, 1.82) is 0 Å². The van der Waals surface area contributed by atoms with Crippen LogP contribution in [-0.2, 0) is 15.8 Å². The number of hydrogen-bond acceptors (Lipinski definition) is 8. The topological polar surface area (TPSA) is 92.3 Å². The Labute approximate surface area is 196 Å². The van der Waals surface area contributed by atoms with Crippen LogP contribution in [-0.4, -0.2) is 47.5 Å². The SMILES string of the molecule is O=C(CNc1nc(SCc2ccccc2)ns1)c1ccc(S(=O)(=O)N2CCCCC2)cc1. The van der Waals surface area contributed by atoms with Gasteiger partial charge >= 0.3 is 0 Å². The Hall–Kier alpha value is -2.27. The molecule has 0 unspecified atom stereocenters. The standard InChI is InChI=1S/C22H24N4O3S3/c27-20(15-23-21-24-22(25-31-21)30-16-17-7-3-1-4-8-17)18-9-11-19(12-10-18)32(28,29)26-13-5-2-6-14-26/h1,3-4,7-12H,2,5-6,13-16H2,(H,23,24,25). The molecule has 168 valence electrons. The number of benzene rings is 2. The van der Waals surface area contributed by atoms with Gasteiger partial charge in [0.2, 0.25) is 20.3 Å². The molecule has 1 aromatic heterocycles. The van der Waals surface area contributed by atoms with Crippen LogP contribution >= 0.6 is 23.3 Å². The number of aromatic nitrogens is 2. The third kappa shape index (κ3) is 5.74. The molecule has 1 fully saturated rings. The Morgan fingerprint density at radius 1 is 1.03 bits per heavy atom. The van der Waals surface area contributed by atoms with Crippen LogP contribution in [0.2, 0.25) is 0 Å². The van der Waals surface area contributed by atoms with E-state index < -0.39 is 10.0 Å². The highest BCUT2D eigenvalue weighted by molar-refractivity contribution is 7.98. The molecule has 3 aromatic rings. The minimum absolute atomic E-state index is 0.0657. The number of ketones is 1. The van der Waals surface area contributed by atoms with Gasteiger partial charge in [-0.25, -0.2) is 8.42 Å². The van der Waals surface area contributed by atoms with Crippen molar-refractivity contribution in [2.75, 3.05) is 25.0 Å². The fourth-order valence-electron chi connectivity index (χ4n) is 3.39. The summed E-state index contributed by atoms with van der Waals surface area (Å²) < 4.78 is 31.3. The molecule has 1 N–H and O–H groups in total. The third-order valence-corrected chi connectivity index (χ3v) is 8.77. The molecule has 0 aliphatic carbocycles. The largest absolute Gasteiger partial charge is 0.353 e. The zero-order valence-corrected chi connectivity index (χ0v) is 19.9. The number of rotatable bonds is 9. The fourth-order valence-corrected chi connectivity index (χ4v) is 6.40. The number of nitrogens with one attached hydrogen (secondary N) is 1. The van der Waals surface area contributed by atoms with Gasteiger partial charge in [-0.15, -0.1) is 0 Å². The van der Waals surface area contributed by atoms with Crippen LogP contribution in [0.15, 0.2) is 64.6 Å². The summed E-state index contributed by atoms with van der Waals surface area (Å²) >= 11 is 2.76. The molecule has 7 nitrogen and oxygen atoms in total. The van der Waals surface area contributed by atoms with Gasteiger partial charge in [0.25, 0.3) is 0 Å². The highest BCUT2D eigenvalue weighted by Gasteiger charge is 2.25. The van der Waals surface area contributed by atoms with Gasteiger partial charge in [0, 0.05) is 35.9 Å². The van der Waals surface area contributed by atoms with Gasteiger partial charge in [-0.05, 0) is 42.7 Å².